The van der Waals surface area contributed by atoms with Crippen LogP contribution < -0.4 is 4.74 Å². The Labute approximate surface area is 142 Å². The molecule has 0 aliphatic carbocycles. The van der Waals surface area contributed by atoms with Gasteiger partial charge in [0.05, 0.1) is 6.61 Å². The molecule has 0 saturated heterocycles. The van der Waals surface area contributed by atoms with E-state index >= 15 is 0 Å². The van der Waals surface area contributed by atoms with E-state index in [4.69, 9.17) is 9.47 Å². The number of esters is 1. The van der Waals surface area contributed by atoms with Crippen LogP contribution in [0.5, 0.6) is 5.75 Å². The fourth-order valence-electron chi connectivity index (χ4n) is 2.18. The molecule has 3 rings (SSSR count). The van der Waals surface area contributed by atoms with Crippen LogP contribution in [0.25, 0.3) is 6.08 Å². The summed E-state index contributed by atoms with van der Waals surface area (Å²) in [7, 11) is 0. The van der Waals surface area contributed by atoms with Gasteiger partial charge in [-0.2, -0.15) is 0 Å². The fraction of sp³-hybridized carbons (Fsp3) is 0.111. The molecule has 0 radical (unpaired) electrons. The number of hydrogen-bond donors (Lipinski definition) is 0. The molecule has 5 heteroatoms. The summed E-state index contributed by atoms with van der Waals surface area (Å²) in [5, 5.41) is 0. The molecule has 0 N–H and O–H groups in total. The summed E-state index contributed by atoms with van der Waals surface area (Å²) < 4.78 is 11.7. The van der Waals surface area contributed by atoms with E-state index in [1.807, 2.05) is 55.5 Å². The number of hydrogen-bond acceptors (Lipinski definition) is 4. The third-order valence-corrected chi connectivity index (χ3v) is 3.70. The lowest BCUT2D eigenvalue weighted by molar-refractivity contribution is -0.129. The zero-order chi connectivity index (χ0) is 16.2. The maximum atomic E-state index is 12.1. The monoisotopic (exact) mass is 371 g/mol. The van der Waals surface area contributed by atoms with Gasteiger partial charge in [0.2, 0.25) is 5.90 Å². The van der Waals surface area contributed by atoms with Crippen molar-refractivity contribution in [2.24, 2.45) is 4.99 Å². The Morgan fingerprint density at radius 3 is 2.74 bits per heavy atom. The van der Waals surface area contributed by atoms with Crippen molar-refractivity contribution in [3.05, 3.63) is 69.8 Å². The van der Waals surface area contributed by atoms with Crippen LogP contribution in [0.2, 0.25) is 0 Å². The Hall–Kier alpha value is -2.40. The molecule has 1 aliphatic heterocycles. The lowest BCUT2D eigenvalue weighted by atomic mass is 10.1. The van der Waals surface area contributed by atoms with Gasteiger partial charge in [-0.05, 0) is 43.3 Å². The molecule has 0 aromatic heterocycles. The first-order valence-electron chi connectivity index (χ1n) is 7.17. The van der Waals surface area contributed by atoms with Gasteiger partial charge in [-0.1, -0.05) is 34.1 Å². The van der Waals surface area contributed by atoms with Crippen LogP contribution in [0.4, 0.5) is 0 Å². The first kappa shape index (κ1) is 15.5. The molecule has 0 unspecified atom stereocenters. The number of carbonyl (C=O) groups excluding carboxylic acids is 1. The van der Waals surface area contributed by atoms with E-state index in [0.29, 0.717) is 18.3 Å². The normalized spacial score (nSPS) is 15.5. The highest BCUT2D eigenvalue weighted by Gasteiger charge is 2.24. The molecule has 2 aromatic carbocycles. The molecule has 0 saturated carbocycles. The van der Waals surface area contributed by atoms with Gasteiger partial charge in [-0.3, -0.25) is 0 Å². The first-order chi connectivity index (χ1) is 11.2. The summed E-state index contributed by atoms with van der Waals surface area (Å²) in [6, 6.07) is 14.9. The minimum Gasteiger partial charge on any atom is -0.493 e. The minimum atomic E-state index is -0.466. The van der Waals surface area contributed by atoms with Gasteiger partial charge in [0.15, 0.2) is 5.70 Å². The highest BCUT2D eigenvalue weighted by Crippen LogP contribution is 2.27. The van der Waals surface area contributed by atoms with Crippen LogP contribution in [0.1, 0.15) is 18.1 Å². The Balaban J connectivity index is 1.98. The molecule has 0 atom stereocenters. The first-order valence-corrected chi connectivity index (χ1v) is 7.97. The Morgan fingerprint density at radius 1 is 1.22 bits per heavy atom. The van der Waals surface area contributed by atoms with Crippen molar-refractivity contribution in [3.63, 3.8) is 0 Å². The minimum absolute atomic E-state index is 0.253. The van der Waals surface area contributed by atoms with Crippen LogP contribution in [0.15, 0.2) is 63.7 Å². The molecule has 0 bridgehead atoms. The second kappa shape index (κ2) is 6.79. The summed E-state index contributed by atoms with van der Waals surface area (Å²) >= 11 is 3.42. The Kier molecular flexibility index (Phi) is 4.57. The average molecular weight is 372 g/mol. The second-order valence-electron chi connectivity index (χ2n) is 4.82. The van der Waals surface area contributed by atoms with E-state index in [2.05, 4.69) is 20.9 Å². The number of rotatable bonds is 4. The van der Waals surface area contributed by atoms with Gasteiger partial charge in [-0.25, -0.2) is 9.79 Å². The van der Waals surface area contributed by atoms with Crippen molar-refractivity contribution < 1.29 is 14.3 Å². The number of carbonyl (C=O) groups is 1. The third-order valence-electron chi connectivity index (χ3n) is 3.21. The van der Waals surface area contributed by atoms with Gasteiger partial charge in [0.25, 0.3) is 0 Å². The van der Waals surface area contributed by atoms with Crippen molar-refractivity contribution in [1.29, 1.82) is 0 Å². The maximum Gasteiger partial charge on any atom is 0.363 e. The molecule has 1 heterocycles. The molecular weight excluding hydrogens is 358 g/mol. The summed E-state index contributed by atoms with van der Waals surface area (Å²) in [5.41, 5.74) is 1.79. The highest BCUT2D eigenvalue weighted by molar-refractivity contribution is 9.10. The highest BCUT2D eigenvalue weighted by atomic mass is 79.9. The number of aliphatic imine (C=N–C) groups is 1. The van der Waals surface area contributed by atoms with Gasteiger partial charge < -0.3 is 9.47 Å². The van der Waals surface area contributed by atoms with E-state index in [1.165, 1.54) is 0 Å². The van der Waals surface area contributed by atoms with Gasteiger partial charge in [0, 0.05) is 15.6 Å². The van der Waals surface area contributed by atoms with Gasteiger partial charge in [-0.15, -0.1) is 0 Å². The summed E-state index contributed by atoms with van der Waals surface area (Å²) in [6.07, 6.45) is 1.67. The van der Waals surface area contributed by atoms with Crippen molar-refractivity contribution in [2.75, 3.05) is 6.61 Å². The fourth-order valence-corrected chi connectivity index (χ4v) is 2.56. The average Bonchev–Trinajstić information content (AvgIpc) is 2.92. The molecule has 116 valence electrons. The SMILES string of the molecule is CCOc1ccc(Br)cc1/C=C1/N=C(c2ccccc2)OC1=O. The van der Waals surface area contributed by atoms with E-state index in [0.717, 1.165) is 15.6 Å². The molecule has 0 spiro atoms. The summed E-state index contributed by atoms with van der Waals surface area (Å²) in [5.74, 6) is 0.542. The van der Waals surface area contributed by atoms with E-state index in [9.17, 15) is 4.79 Å². The van der Waals surface area contributed by atoms with Crippen molar-refractivity contribution in [1.82, 2.24) is 0 Å². The van der Waals surface area contributed by atoms with E-state index < -0.39 is 5.97 Å². The predicted molar refractivity (Wildman–Crippen MR) is 92.4 cm³/mol. The Morgan fingerprint density at radius 2 is 2.00 bits per heavy atom. The summed E-state index contributed by atoms with van der Waals surface area (Å²) in [6.45, 7) is 2.45. The summed E-state index contributed by atoms with van der Waals surface area (Å²) in [4.78, 5) is 16.4. The zero-order valence-electron chi connectivity index (χ0n) is 12.5. The molecular formula is C18H14BrNO3. The van der Waals surface area contributed by atoms with Crippen LogP contribution in [-0.2, 0) is 9.53 Å². The molecule has 23 heavy (non-hydrogen) atoms. The van der Waals surface area contributed by atoms with Crippen LogP contribution in [0, 0.1) is 0 Å². The predicted octanol–water partition coefficient (Wildman–Crippen LogP) is 4.19. The largest absolute Gasteiger partial charge is 0.493 e. The number of halogens is 1. The van der Waals surface area contributed by atoms with Crippen molar-refractivity contribution in [3.8, 4) is 5.75 Å². The van der Waals surface area contributed by atoms with E-state index in [1.54, 1.807) is 6.08 Å². The topological polar surface area (TPSA) is 47.9 Å². The molecule has 2 aromatic rings. The number of benzene rings is 2. The van der Waals surface area contributed by atoms with Crippen LogP contribution in [0.3, 0.4) is 0 Å². The lowest BCUT2D eigenvalue weighted by Crippen LogP contribution is -2.05. The number of cyclic esters (lactones) is 1. The molecule has 1 aliphatic rings. The van der Waals surface area contributed by atoms with Crippen LogP contribution in [-0.4, -0.2) is 18.5 Å². The molecule has 4 nitrogen and oxygen atoms in total. The number of nitrogens with zero attached hydrogens (tertiary/aromatic N) is 1. The zero-order valence-corrected chi connectivity index (χ0v) is 14.0. The third kappa shape index (κ3) is 3.51. The smallest absolute Gasteiger partial charge is 0.363 e. The lowest BCUT2D eigenvalue weighted by Gasteiger charge is -2.07. The maximum absolute atomic E-state index is 12.1. The van der Waals surface area contributed by atoms with Crippen molar-refractivity contribution in [2.45, 2.75) is 6.92 Å². The molecule has 0 fully saturated rings. The van der Waals surface area contributed by atoms with E-state index in [-0.39, 0.29) is 5.70 Å². The standard InChI is InChI=1S/C18H14BrNO3/c1-2-22-16-9-8-14(19)10-13(16)11-15-18(21)23-17(20-15)12-6-4-3-5-7-12/h3-11H,2H2,1H3/b15-11+. The van der Waals surface area contributed by atoms with Gasteiger partial charge in [0.1, 0.15) is 5.75 Å². The quantitative estimate of drug-likeness (QED) is 0.597. The van der Waals surface area contributed by atoms with Gasteiger partial charge >= 0.3 is 5.97 Å². The van der Waals surface area contributed by atoms with Crippen LogP contribution >= 0.6 is 15.9 Å². The Bertz CT molecular complexity index is 797. The molecule has 0 amide bonds. The second-order valence-corrected chi connectivity index (χ2v) is 5.73. The van der Waals surface area contributed by atoms with Crippen molar-refractivity contribution >= 4 is 33.9 Å². The number of ether oxygens (including phenoxy) is 2.